The maximum Gasteiger partial charge on any atom is 0.266 e. The molecule has 0 atom stereocenters. The molecule has 0 bridgehead atoms. The fourth-order valence-corrected chi connectivity index (χ4v) is 4.07. The summed E-state index contributed by atoms with van der Waals surface area (Å²) in [6.45, 7) is 2.44. The standard InChI is InChI=1S/C24H19FN2O3S/c1-2-30-17-13-11-16(12-14-17)22(28)15-31-24-26-20-9-5-3-7-18(20)23(29)27(24)21-10-6-4-8-19(21)25/h3-14H,2,15H2,1H3. The van der Waals surface area contributed by atoms with Crippen LogP contribution in [0.2, 0.25) is 0 Å². The highest BCUT2D eigenvalue weighted by molar-refractivity contribution is 7.99. The van der Waals surface area contributed by atoms with Crippen LogP contribution in [0, 0.1) is 5.82 Å². The molecule has 0 saturated heterocycles. The Morgan fingerprint density at radius 3 is 2.48 bits per heavy atom. The van der Waals surface area contributed by atoms with Gasteiger partial charge in [0.25, 0.3) is 5.56 Å². The van der Waals surface area contributed by atoms with Gasteiger partial charge in [0.05, 0.1) is 29.0 Å². The second-order valence-corrected chi connectivity index (χ2v) is 7.62. The summed E-state index contributed by atoms with van der Waals surface area (Å²) in [5, 5.41) is 0.640. The van der Waals surface area contributed by atoms with Gasteiger partial charge < -0.3 is 4.74 Å². The molecule has 5 nitrogen and oxygen atoms in total. The van der Waals surface area contributed by atoms with Gasteiger partial charge in [-0.25, -0.2) is 9.37 Å². The summed E-state index contributed by atoms with van der Waals surface area (Å²) >= 11 is 1.10. The summed E-state index contributed by atoms with van der Waals surface area (Å²) in [6, 6.07) is 19.8. The van der Waals surface area contributed by atoms with E-state index in [1.165, 1.54) is 16.7 Å². The summed E-state index contributed by atoms with van der Waals surface area (Å²) in [7, 11) is 0. The Hall–Kier alpha value is -3.45. The fraction of sp³-hybridized carbons (Fsp3) is 0.125. The van der Waals surface area contributed by atoms with E-state index >= 15 is 0 Å². The van der Waals surface area contributed by atoms with Gasteiger partial charge in [-0.05, 0) is 55.5 Å². The maximum atomic E-state index is 14.5. The minimum atomic E-state index is -0.540. The lowest BCUT2D eigenvalue weighted by molar-refractivity contribution is 0.102. The lowest BCUT2D eigenvalue weighted by Crippen LogP contribution is -2.23. The zero-order chi connectivity index (χ0) is 21.8. The molecule has 0 aliphatic heterocycles. The van der Waals surface area contributed by atoms with Crippen molar-refractivity contribution in [3.8, 4) is 11.4 Å². The first-order valence-electron chi connectivity index (χ1n) is 9.74. The van der Waals surface area contributed by atoms with Crippen molar-refractivity contribution in [2.75, 3.05) is 12.4 Å². The van der Waals surface area contributed by atoms with Crippen LogP contribution in [0.5, 0.6) is 5.75 Å². The average molecular weight is 434 g/mol. The van der Waals surface area contributed by atoms with Crippen molar-refractivity contribution in [3.63, 3.8) is 0 Å². The molecule has 156 valence electrons. The van der Waals surface area contributed by atoms with Crippen LogP contribution in [0.1, 0.15) is 17.3 Å². The summed E-state index contributed by atoms with van der Waals surface area (Å²) in [4.78, 5) is 30.4. The Bertz CT molecular complexity index is 1300. The van der Waals surface area contributed by atoms with E-state index in [1.807, 2.05) is 6.92 Å². The van der Waals surface area contributed by atoms with Gasteiger partial charge in [-0.15, -0.1) is 0 Å². The van der Waals surface area contributed by atoms with Crippen molar-refractivity contribution >= 4 is 28.4 Å². The predicted octanol–water partition coefficient (Wildman–Crippen LogP) is 4.90. The molecule has 1 heterocycles. The van der Waals surface area contributed by atoms with Crippen LogP contribution < -0.4 is 10.3 Å². The summed E-state index contributed by atoms with van der Waals surface area (Å²) in [6.07, 6.45) is 0. The van der Waals surface area contributed by atoms with Crippen LogP contribution in [0.15, 0.2) is 82.7 Å². The number of para-hydroxylation sites is 2. The number of halogens is 1. The number of hydrogen-bond acceptors (Lipinski definition) is 5. The molecule has 1 aromatic heterocycles. The third-order valence-corrected chi connectivity index (χ3v) is 5.60. The van der Waals surface area contributed by atoms with E-state index in [1.54, 1.807) is 60.7 Å². The number of benzene rings is 3. The van der Waals surface area contributed by atoms with Gasteiger partial charge in [0.15, 0.2) is 10.9 Å². The third-order valence-electron chi connectivity index (χ3n) is 4.66. The molecule has 0 fully saturated rings. The lowest BCUT2D eigenvalue weighted by atomic mass is 10.1. The molecule has 0 aliphatic carbocycles. The Labute approximate surface area is 182 Å². The summed E-state index contributed by atoms with van der Waals surface area (Å²) in [5.41, 5.74) is 0.737. The summed E-state index contributed by atoms with van der Waals surface area (Å²) < 4.78 is 21.2. The van der Waals surface area contributed by atoms with Gasteiger partial charge in [0.2, 0.25) is 0 Å². The number of ketones is 1. The predicted molar refractivity (Wildman–Crippen MR) is 120 cm³/mol. The second kappa shape index (κ2) is 9.14. The van der Waals surface area contributed by atoms with Crippen molar-refractivity contribution in [1.82, 2.24) is 9.55 Å². The quantitative estimate of drug-likeness (QED) is 0.235. The van der Waals surface area contributed by atoms with Gasteiger partial charge in [-0.2, -0.15) is 0 Å². The van der Waals surface area contributed by atoms with Crippen LogP contribution in [-0.2, 0) is 0 Å². The van der Waals surface area contributed by atoms with Crippen LogP contribution >= 0.6 is 11.8 Å². The molecule has 3 aromatic carbocycles. The first kappa shape index (κ1) is 20.8. The molecular formula is C24H19FN2O3S. The van der Waals surface area contributed by atoms with Gasteiger partial charge in [0, 0.05) is 5.56 Å². The lowest BCUT2D eigenvalue weighted by Gasteiger charge is -2.13. The van der Waals surface area contributed by atoms with E-state index in [4.69, 9.17) is 4.74 Å². The molecule has 0 aliphatic rings. The number of carbonyl (C=O) groups is 1. The van der Waals surface area contributed by atoms with Crippen molar-refractivity contribution < 1.29 is 13.9 Å². The molecule has 0 N–H and O–H groups in total. The van der Waals surface area contributed by atoms with Crippen molar-refractivity contribution in [2.24, 2.45) is 0 Å². The SMILES string of the molecule is CCOc1ccc(C(=O)CSc2nc3ccccc3c(=O)n2-c2ccccc2F)cc1. The van der Waals surface area contributed by atoms with Crippen molar-refractivity contribution in [2.45, 2.75) is 12.1 Å². The minimum absolute atomic E-state index is 0.0488. The number of ether oxygens (including phenoxy) is 1. The van der Waals surface area contributed by atoms with E-state index in [0.717, 1.165) is 11.8 Å². The molecule has 0 amide bonds. The van der Waals surface area contributed by atoms with Crippen LogP contribution in [0.25, 0.3) is 16.6 Å². The van der Waals surface area contributed by atoms with Gasteiger partial charge >= 0.3 is 0 Å². The highest BCUT2D eigenvalue weighted by atomic mass is 32.2. The number of fused-ring (bicyclic) bond motifs is 1. The van der Waals surface area contributed by atoms with Crippen LogP contribution in [0.4, 0.5) is 4.39 Å². The first-order valence-corrected chi connectivity index (χ1v) is 10.7. The molecule has 4 aromatic rings. The number of Topliss-reactive ketones (excluding diaryl/α,β-unsaturated/α-hetero) is 1. The van der Waals surface area contributed by atoms with Gasteiger partial charge in [-0.1, -0.05) is 36.0 Å². The monoisotopic (exact) mass is 434 g/mol. The largest absolute Gasteiger partial charge is 0.494 e. The highest BCUT2D eigenvalue weighted by Gasteiger charge is 2.17. The number of carbonyl (C=O) groups excluding carboxylic acids is 1. The molecule has 0 spiro atoms. The van der Waals surface area contributed by atoms with Crippen LogP contribution in [0.3, 0.4) is 0 Å². The maximum absolute atomic E-state index is 14.5. The molecule has 0 unspecified atom stereocenters. The molecule has 0 radical (unpaired) electrons. The van der Waals surface area contributed by atoms with Gasteiger partial charge in [0.1, 0.15) is 11.6 Å². The zero-order valence-corrected chi connectivity index (χ0v) is 17.6. The minimum Gasteiger partial charge on any atom is -0.494 e. The summed E-state index contributed by atoms with van der Waals surface area (Å²) in [5.74, 6) is 0.0703. The normalized spacial score (nSPS) is 10.9. The Kier molecular flexibility index (Phi) is 6.13. The number of nitrogens with zero attached hydrogens (tertiary/aromatic N) is 2. The van der Waals surface area contributed by atoms with E-state index in [0.29, 0.717) is 28.8 Å². The highest BCUT2D eigenvalue weighted by Crippen LogP contribution is 2.24. The molecular weight excluding hydrogens is 415 g/mol. The topological polar surface area (TPSA) is 61.2 Å². The molecule has 7 heteroatoms. The Morgan fingerprint density at radius 2 is 1.74 bits per heavy atom. The fourth-order valence-electron chi connectivity index (χ4n) is 3.17. The van der Waals surface area contributed by atoms with E-state index in [9.17, 15) is 14.0 Å². The van der Waals surface area contributed by atoms with E-state index in [-0.39, 0.29) is 27.9 Å². The molecule has 31 heavy (non-hydrogen) atoms. The van der Waals surface area contributed by atoms with Crippen molar-refractivity contribution in [3.05, 3.63) is 94.5 Å². The first-order chi connectivity index (χ1) is 15.1. The average Bonchev–Trinajstić information content (AvgIpc) is 2.79. The van der Waals surface area contributed by atoms with Crippen LogP contribution in [-0.4, -0.2) is 27.7 Å². The number of rotatable bonds is 7. The Morgan fingerprint density at radius 1 is 1.03 bits per heavy atom. The van der Waals surface area contributed by atoms with E-state index in [2.05, 4.69) is 4.98 Å². The third kappa shape index (κ3) is 4.36. The van der Waals surface area contributed by atoms with E-state index < -0.39 is 5.82 Å². The number of aromatic nitrogens is 2. The molecule has 0 saturated carbocycles. The smallest absolute Gasteiger partial charge is 0.266 e. The zero-order valence-electron chi connectivity index (χ0n) is 16.7. The van der Waals surface area contributed by atoms with Gasteiger partial charge in [-0.3, -0.25) is 14.2 Å². The number of thioether (sulfide) groups is 1. The Balaban J connectivity index is 1.70. The second-order valence-electron chi connectivity index (χ2n) is 6.67. The number of hydrogen-bond donors (Lipinski definition) is 0. The van der Waals surface area contributed by atoms with Crippen molar-refractivity contribution in [1.29, 1.82) is 0 Å². The molecule has 4 rings (SSSR count).